The highest BCUT2D eigenvalue weighted by Gasteiger charge is 2.50. The van der Waals surface area contributed by atoms with E-state index in [2.05, 4.69) is 96.0 Å². The highest BCUT2D eigenvalue weighted by atomic mass is 32.2. The first-order valence-corrected chi connectivity index (χ1v) is 28.5. The number of hydrogen-bond donors (Lipinski definition) is 4. The average Bonchev–Trinajstić information content (AvgIpc) is 3.86. The Morgan fingerprint density at radius 2 is 1.76 bits per heavy atom. The minimum atomic E-state index is -4.75. The van der Waals surface area contributed by atoms with Gasteiger partial charge in [0.05, 0.1) is 45.9 Å². The molecule has 18 nitrogen and oxygen atoms in total. The third-order valence-corrected chi connectivity index (χ3v) is 17.8. The van der Waals surface area contributed by atoms with E-state index in [0.717, 1.165) is 89.1 Å². The lowest BCUT2D eigenvalue weighted by molar-refractivity contribution is -0.384. The van der Waals surface area contributed by atoms with E-state index >= 15 is 4.39 Å². The Balaban J connectivity index is 0.863. The van der Waals surface area contributed by atoms with Crippen LogP contribution in [-0.4, -0.2) is 107 Å². The second-order valence-electron chi connectivity index (χ2n) is 22.2. The molecule has 6 aromatic rings. The summed E-state index contributed by atoms with van der Waals surface area (Å²) in [5.41, 5.74) is 4.17. The van der Waals surface area contributed by atoms with Crippen molar-refractivity contribution in [3.63, 3.8) is 0 Å². The number of anilines is 2. The minimum Gasteiger partial charge on any atom is -0.475 e. The molecule has 0 bridgehead atoms. The number of nitrogens with one attached hydrogen (secondary N) is 3. The number of benzene rings is 3. The number of sulfonamides is 1. The summed E-state index contributed by atoms with van der Waals surface area (Å²) < 4.78 is 57.2. The molecule has 410 valence electrons. The molecule has 2 saturated heterocycles. The largest absolute Gasteiger partial charge is 0.475 e. The summed E-state index contributed by atoms with van der Waals surface area (Å²) in [6.07, 6.45) is 8.73. The number of aromatic nitrogens is 3. The zero-order valence-electron chi connectivity index (χ0n) is 44.5. The van der Waals surface area contributed by atoms with Crippen LogP contribution in [0.15, 0.2) is 96.2 Å². The number of H-pyrrole nitrogens is 1. The van der Waals surface area contributed by atoms with Crippen LogP contribution in [0.1, 0.15) is 124 Å². The molecule has 5 heterocycles. The first-order valence-electron chi connectivity index (χ1n) is 27.0. The van der Waals surface area contributed by atoms with Gasteiger partial charge in [-0.1, -0.05) is 50.2 Å². The lowest BCUT2D eigenvalue weighted by atomic mass is 9.59. The first kappa shape index (κ1) is 54.2. The summed E-state index contributed by atoms with van der Waals surface area (Å²) in [7, 11) is -4.75. The lowest BCUT2D eigenvalue weighted by Crippen LogP contribution is -2.60. The summed E-state index contributed by atoms with van der Waals surface area (Å²) in [4.78, 5) is 44.0. The average molecular weight is 1080 g/mol. The zero-order chi connectivity index (χ0) is 54.9. The Bertz CT molecular complexity index is 3340. The van der Waals surface area contributed by atoms with Gasteiger partial charge in [0.15, 0.2) is 5.75 Å². The van der Waals surface area contributed by atoms with Crippen molar-refractivity contribution in [1.29, 1.82) is 5.26 Å². The van der Waals surface area contributed by atoms with E-state index < -0.39 is 42.9 Å². The summed E-state index contributed by atoms with van der Waals surface area (Å²) in [6, 6.07) is 26.8. The van der Waals surface area contributed by atoms with Crippen molar-refractivity contribution >= 4 is 44.2 Å². The molecule has 4 N–H and O–H groups in total. The first-order chi connectivity index (χ1) is 37.4. The van der Waals surface area contributed by atoms with Crippen LogP contribution in [0, 0.1) is 38.6 Å². The van der Waals surface area contributed by atoms with E-state index in [0.29, 0.717) is 49.8 Å². The number of pyridine rings is 2. The molecule has 1 amide bonds. The van der Waals surface area contributed by atoms with E-state index in [1.54, 1.807) is 26.0 Å². The number of hydrogen-bond acceptors (Lipinski definition) is 15. The molecule has 1 atom stereocenters. The number of amides is 1. The predicted octanol–water partition coefficient (Wildman–Crippen LogP) is 9.97. The summed E-state index contributed by atoms with van der Waals surface area (Å²) in [5.74, 6) is -1.34. The summed E-state index contributed by atoms with van der Waals surface area (Å²) >= 11 is 0. The maximum absolute atomic E-state index is 15.0. The van der Waals surface area contributed by atoms with Gasteiger partial charge < -0.3 is 29.8 Å². The standard InChI is InChI=1S/C58H67FN10O8S/c1-5-76-56-52(28-47-48(59)34-63-53(47)64-56)77-51-26-41(14-15-46(51)55(70)65-78(74,75)43-27-49(69(72)73)54(62-33-43)61-32-39-16-18-57(4,71)19-17-39)67-22-20-58(21-23-67)29-42(30-58)68-25-24-66(35-40-12-10-38(31-60)11-13-40)36-50(68)45-9-7-6-8-44(45)37(2)3/h6-15,26-28,33-34,37,39,42,50,71H,5,16-25,29-30,32,35-36H2,1-4H3,(H,61,62)(H,63,64)(H,65,70)/t39?,50-,57?/m0/s1. The van der Waals surface area contributed by atoms with E-state index in [4.69, 9.17) is 9.47 Å². The van der Waals surface area contributed by atoms with E-state index in [1.165, 1.54) is 28.8 Å². The molecule has 1 spiro atoms. The van der Waals surface area contributed by atoms with E-state index in [-0.39, 0.29) is 63.8 Å². The van der Waals surface area contributed by atoms with Crippen molar-refractivity contribution in [2.75, 3.05) is 56.1 Å². The molecule has 78 heavy (non-hydrogen) atoms. The fourth-order valence-electron chi connectivity index (χ4n) is 12.0. The number of nitrogens with zero attached hydrogens (tertiary/aromatic N) is 7. The van der Waals surface area contributed by atoms with Gasteiger partial charge in [-0.15, -0.1) is 0 Å². The van der Waals surface area contributed by atoms with Gasteiger partial charge in [-0.2, -0.15) is 10.2 Å². The fraction of sp³-hybridized carbons (Fsp3) is 0.448. The molecule has 0 unspecified atom stereocenters. The van der Waals surface area contributed by atoms with Crippen molar-refractivity contribution in [1.82, 2.24) is 29.5 Å². The number of nitriles is 1. The predicted molar refractivity (Wildman–Crippen MR) is 294 cm³/mol. The number of aromatic amines is 1. The van der Waals surface area contributed by atoms with Crippen LogP contribution in [0.25, 0.3) is 11.0 Å². The number of carbonyl (C=O) groups excluding carboxylic acids is 1. The number of piperazine rings is 1. The van der Waals surface area contributed by atoms with Gasteiger partial charge in [-0.3, -0.25) is 24.7 Å². The van der Waals surface area contributed by atoms with Crippen molar-refractivity contribution in [2.24, 2.45) is 11.3 Å². The Labute approximate surface area is 454 Å². The molecule has 3 aromatic carbocycles. The van der Waals surface area contributed by atoms with Crippen molar-refractivity contribution < 1.29 is 37.1 Å². The number of nitro groups is 1. The van der Waals surface area contributed by atoms with Gasteiger partial charge >= 0.3 is 5.69 Å². The van der Waals surface area contributed by atoms with E-state index in [1.807, 2.05) is 12.1 Å². The van der Waals surface area contributed by atoms with Gasteiger partial charge in [0.2, 0.25) is 5.82 Å². The number of halogens is 1. The summed E-state index contributed by atoms with van der Waals surface area (Å²) in [6.45, 7) is 13.6. The van der Waals surface area contributed by atoms with Crippen LogP contribution in [0.5, 0.6) is 17.4 Å². The quantitative estimate of drug-likeness (QED) is 0.0492. The van der Waals surface area contributed by atoms with Gasteiger partial charge in [-0.25, -0.2) is 22.5 Å². The molecule has 20 heteroatoms. The van der Waals surface area contributed by atoms with Gasteiger partial charge in [0.25, 0.3) is 21.8 Å². The van der Waals surface area contributed by atoms with Crippen LogP contribution in [0.4, 0.5) is 21.6 Å². The van der Waals surface area contributed by atoms with Gasteiger partial charge in [0.1, 0.15) is 22.1 Å². The highest BCUT2D eigenvalue weighted by molar-refractivity contribution is 7.90. The molecule has 2 aliphatic heterocycles. The van der Waals surface area contributed by atoms with Gasteiger partial charge in [-0.05, 0) is 123 Å². The number of piperidine rings is 1. The monoisotopic (exact) mass is 1080 g/mol. The van der Waals surface area contributed by atoms with Crippen LogP contribution in [0.2, 0.25) is 0 Å². The van der Waals surface area contributed by atoms with E-state index in [9.17, 15) is 33.7 Å². The van der Waals surface area contributed by atoms with Gasteiger partial charge in [0, 0.05) is 88.0 Å². The lowest BCUT2D eigenvalue weighted by Gasteiger charge is -2.58. The fourth-order valence-corrected chi connectivity index (χ4v) is 13.0. The number of aliphatic hydroxyl groups is 1. The smallest absolute Gasteiger partial charge is 0.312 e. The van der Waals surface area contributed by atoms with Crippen LogP contribution < -0.4 is 24.4 Å². The molecule has 4 aliphatic rings. The Kier molecular flexibility index (Phi) is 15.5. The number of fused-ring (bicyclic) bond motifs is 1. The molecule has 10 rings (SSSR count). The van der Waals surface area contributed by atoms with Crippen LogP contribution in [-0.2, 0) is 16.6 Å². The van der Waals surface area contributed by atoms with Crippen molar-refractivity contribution in [3.05, 3.63) is 135 Å². The molecule has 0 radical (unpaired) electrons. The Morgan fingerprint density at radius 3 is 2.46 bits per heavy atom. The second-order valence-corrected chi connectivity index (χ2v) is 23.9. The molecular formula is C58H67FN10O8S. The maximum Gasteiger partial charge on any atom is 0.312 e. The third-order valence-electron chi connectivity index (χ3n) is 16.5. The topological polar surface area (TPSA) is 232 Å². The number of carbonyl (C=O) groups is 1. The van der Waals surface area contributed by atoms with Crippen molar-refractivity contribution in [3.8, 4) is 23.4 Å². The number of ether oxygens (including phenoxy) is 2. The maximum atomic E-state index is 15.0. The van der Waals surface area contributed by atoms with Crippen LogP contribution >= 0.6 is 0 Å². The Hall–Kier alpha value is -7.18. The van der Waals surface area contributed by atoms with Crippen LogP contribution in [0.3, 0.4) is 0 Å². The highest BCUT2D eigenvalue weighted by Crippen LogP contribution is 2.53. The Morgan fingerprint density at radius 1 is 1.01 bits per heavy atom. The zero-order valence-corrected chi connectivity index (χ0v) is 45.3. The molecule has 4 fully saturated rings. The molecule has 3 aromatic heterocycles. The SMILES string of the molecule is CCOc1nc2[nH]cc(F)c2cc1Oc1cc(N2CCC3(CC2)CC(N2CCN(Cc4ccc(C#N)cc4)C[C@H]2c2ccccc2C(C)C)C3)ccc1C(=O)NS(=O)(=O)c1cnc(NCC2CCC(C)(O)CC2)c([N+](=O)[O-])c1. The summed E-state index contributed by atoms with van der Waals surface area (Å²) in [5, 5.41) is 35.1. The second kappa shape index (κ2) is 22.3. The normalized spacial score (nSPS) is 21.0. The minimum absolute atomic E-state index is 0.0130. The molecule has 2 saturated carbocycles. The molecular weight excluding hydrogens is 1020 g/mol. The third kappa shape index (κ3) is 11.7. The van der Waals surface area contributed by atoms with Crippen molar-refractivity contribution in [2.45, 2.75) is 114 Å². The molecule has 2 aliphatic carbocycles. The number of rotatable bonds is 17.